The van der Waals surface area contributed by atoms with Gasteiger partial charge in [0.25, 0.3) is 0 Å². The number of pyridine rings is 2. The number of rotatable bonds is 2. The highest BCUT2D eigenvalue weighted by Crippen LogP contribution is 2.30. The number of benzene rings is 1. The third-order valence-corrected chi connectivity index (χ3v) is 3.30. The molecule has 2 aromatic heterocycles. The van der Waals surface area contributed by atoms with Crippen LogP contribution in [0.3, 0.4) is 0 Å². The second-order valence-corrected chi connectivity index (χ2v) is 5.26. The number of fused-ring (bicyclic) bond motifs is 1. The summed E-state index contributed by atoms with van der Waals surface area (Å²) < 4.78 is 19.8. The van der Waals surface area contributed by atoms with Crippen molar-refractivity contribution in [2.75, 3.05) is 0 Å². The molecule has 20 heavy (non-hydrogen) atoms. The summed E-state index contributed by atoms with van der Waals surface area (Å²) in [4.78, 5) is 8.56. The van der Waals surface area contributed by atoms with Crippen molar-refractivity contribution in [3.63, 3.8) is 0 Å². The van der Waals surface area contributed by atoms with Crippen molar-refractivity contribution in [3.05, 3.63) is 58.6 Å². The average Bonchev–Trinajstić information content (AvgIpc) is 2.41. The molecule has 0 radical (unpaired) electrons. The van der Waals surface area contributed by atoms with Gasteiger partial charge in [-0.1, -0.05) is 0 Å². The molecule has 0 fully saturated rings. The molecule has 5 heteroatoms. The SMILES string of the molecule is Cc1cc(F)ccc1Oc1ccnc2cc(Br)cnc12. The predicted molar refractivity (Wildman–Crippen MR) is 78.4 cm³/mol. The number of nitrogens with zero attached hydrogens (tertiary/aromatic N) is 2. The Balaban J connectivity index is 2.06. The molecule has 0 bridgehead atoms. The molecule has 0 amide bonds. The molecule has 3 nitrogen and oxygen atoms in total. The molecule has 0 aliphatic heterocycles. The minimum atomic E-state index is -0.281. The molecule has 2 heterocycles. The zero-order chi connectivity index (χ0) is 14.1. The Bertz CT molecular complexity index is 792. The maximum atomic E-state index is 13.1. The molecule has 1 aromatic carbocycles. The van der Waals surface area contributed by atoms with E-state index < -0.39 is 0 Å². The van der Waals surface area contributed by atoms with Gasteiger partial charge >= 0.3 is 0 Å². The van der Waals surface area contributed by atoms with Crippen LogP contribution in [0.4, 0.5) is 4.39 Å². The summed E-state index contributed by atoms with van der Waals surface area (Å²) in [5, 5.41) is 0. The maximum absolute atomic E-state index is 13.1. The van der Waals surface area contributed by atoms with Gasteiger partial charge in [0.2, 0.25) is 0 Å². The van der Waals surface area contributed by atoms with E-state index in [2.05, 4.69) is 25.9 Å². The fourth-order valence-electron chi connectivity index (χ4n) is 1.91. The Hall–Kier alpha value is -2.01. The molecular formula is C15H10BrFN2O. The minimum Gasteiger partial charge on any atom is -0.455 e. The first-order chi connectivity index (χ1) is 9.63. The molecule has 0 saturated heterocycles. The van der Waals surface area contributed by atoms with Gasteiger partial charge in [0, 0.05) is 22.9 Å². The fourth-order valence-corrected chi connectivity index (χ4v) is 2.23. The van der Waals surface area contributed by atoms with Gasteiger partial charge in [0.1, 0.15) is 17.1 Å². The predicted octanol–water partition coefficient (Wildman–Crippen LogP) is 4.63. The van der Waals surface area contributed by atoms with Crippen LogP contribution in [-0.2, 0) is 0 Å². The van der Waals surface area contributed by atoms with Crippen LogP contribution in [0, 0.1) is 12.7 Å². The first kappa shape index (κ1) is 13.0. The van der Waals surface area contributed by atoms with E-state index in [1.165, 1.54) is 12.1 Å². The largest absolute Gasteiger partial charge is 0.455 e. The van der Waals surface area contributed by atoms with E-state index in [-0.39, 0.29) is 5.82 Å². The van der Waals surface area contributed by atoms with Crippen LogP contribution >= 0.6 is 15.9 Å². The van der Waals surface area contributed by atoms with E-state index in [0.717, 1.165) is 15.6 Å². The highest BCUT2D eigenvalue weighted by atomic mass is 79.9. The average molecular weight is 333 g/mol. The van der Waals surface area contributed by atoms with Crippen molar-refractivity contribution in [1.29, 1.82) is 0 Å². The molecular weight excluding hydrogens is 323 g/mol. The monoisotopic (exact) mass is 332 g/mol. The van der Waals surface area contributed by atoms with Crippen molar-refractivity contribution in [3.8, 4) is 11.5 Å². The topological polar surface area (TPSA) is 35.0 Å². The highest BCUT2D eigenvalue weighted by Gasteiger charge is 2.08. The van der Waals surface area contributed by atoms with Gasteiger partial charge in [-0.05, 0) is 52.7 Å². The number of ether oxygens (including phenoxy) is 1. The van der Waals surface area contributed by atoms with Gasteiger partial charge in [0.15, 0.2) is 5.75 Å². The fraction of sp³-hybridized carbons (Fsp3) is 0.0667. The van der Waals surface area contributed by atoms with Gasteiger partial charge in [0.05, 0.1) is 5.52 Å². The van der Waals surface area contributed by atoms with E-state index in [4.69, 9.17) is 4.74 Å². The summed E-state index contributed by atoms with van der Waals surface area (Å²) in [5.74, 6) is 0.914. The van der Waals surface area contributed by atoms with Crippen LogP contribution in [0.15, 0.2) is 47.2 Å². The Morgan fingerprint density at radius 1 is 1.10 bits per heavy atom. The zero-order valence-electron chi connectivity index (χ0n) is 10.6. The Morgan fingerprint density at radius 2 is 1.95 bits per heavy atom. The second-order valence-electron chi connectivity index (χ2n) is 4.34. The molecule has 3 aromatic rings. The molecule has 3 rings (SSSR count). The van der Waals surface area contributed by atoms with Crippen LogP contribution < -0.4 is 4.74 Å². The van der Waals surface area contributed by atoms with Crippen molar-refractivity contribution >= 4 is 27.0 Å². The zero-order valence-corrected chi connectivity index (χ0v) is 12.2. The van der Waals surface area contributed by atoms with Gasteiger partial charge in [-0.25, -0.2) is 9.37 Å². The maximum Gasteiger partial charge on any atom is 0.156 e. The summed E-state index contributed by atoms with van der Waals surface area (Å²) >= 11 is 3.36. The van der Waals surface area contributed by atoms with Crippen molar-refractivity contribution in [1.82, 2.24) is 9.97 Å². The molecule has 0 spiro atoms. The second kappa shape index (κ2) is 5.17. The van der Waals surface area contributed by atoms with Crippen molar-refractivity contribution < 1.29 is 9.13 Å². The molecule has 0 aliphatic rings. The lowest BCUT2D eigenvalue weighted by molar-refractivity contribution is 0.480. The quantitative estimate of drug-likeness (QED) is 0.686. The standard InChI is InChI=1S/C15H10BrFN2O/c1-9-6-11(17)2-3-13(9)20-14-4-5-18-12-7-10(16)8-19-15(12)14/h2-8H,1H3. The van der Waals surface area contributed by atoms with Crippen LogP contribution in [0.1, 0.15) is 5.56 Å². The van der Waals surface area contributed by atoms with E-state index in [9.17, 15) is 4.39 Å². The summed E-state index contributed by atoms with van der Waals surface area (Å²) in [6.45, 7) is 1.80. The lowest BCUT2D eigenvalue weighted by Gasteiger charge is -2.10. The first-order valence-electron chi connectivity index (χ1n) is 5.98. The number of hydrogen-bond acceptors (Lipinski definition) is 3. The number of halogens is 2. The molecule has 0 unspecified atom stereocenters. The molecule has 0 aliphatic carbocycles. The molecule has 100 valence electrons. The van der Waals surface area contributed by atoms with Gasteiger partial charge < -0.3 is 4.74 Å². The summed E-state index contributed by atoms with van der Waals surface area (Å²) in [5.41, 5.74) is 2.13. The Labute approximate surface area is 123 Å². The summed E-state index contributed by atoms with van der Waals surface area (Å²) in [6.07, 6.45) is 3.35. The third-order valence-electron chi connectivity index (χ3n) is 2.86. The van der Waals surface area contributed by atoms with E-state index in [0.29, 0.717) is 17.0 Å². The summed E-state index contributed by atoms with van der Waals surface area (Å²) in [7, 11) is 0. The summed E-state index contributed by atoms with van der Waals surface area (Å²) in [6, 6.07) is 8.02. The molecule has 0 atom stereocenters. The normalized spacial score (nSPS) is 10.8. The van der Waals surface area contributed by atoms with E-state index >= 15 is 0 Å². The third kappa shape index (κ3) is 2.49. The van der Waals surface area contributed by atoms with Gasteiger partial charge in [-0.2, -0.15) is 0 Å². The lowest BCUT2D eigenvalue weighted by Crippen LogP contribution is -1.92. The van der Waals surface area contributed by atoms with Crippen LogP contribution in [-0.4, -0.2) is 9.97 Å². The number of aryl methyl sites for hydroxylation is 1. The van der Waals surface area contributed by atoms with Crippen LogP contribution in [0.25, 0.3) is 11.0 Å². The first-order valence-corrected chi connectivity index (χ1v) is 6.77. The minimum absolute atomic E-state index is 0.281. The highest BCUT2D eigenvalue weighted by molar-refractivity contribution is 9.10. The molecule has 0 N–H and O–H groups in total. The molecule has 0 saturated carbocycles. The van der Waals surface area contributed by atoms with E-state index in [1.54, 1.807) is 31.5 Å². The van der Waals surface area contributed by atoms with Crippen molar-refractivity contribution in [2.24, 2.45) is 0 Å². The van der Waals surface area contributed by atoms with E-state index in [1.807, 2.05) is 6.07 Å². The smallest absolute Gasteiger partial charge is 0.156 e. The van der Waals surface area contributed by atoms with Gasteiger partial charge in [-0.3, -0.25) is 4.98 Å². The number of hydrogen-bond donors (Lipinski definition) is 0. The van der Waals surface area contributed by atoms with Crippen LogP contribution in [0.2, 0.25) is 0 Å². The Morgan fingerprint density at radius 3 is 2.75 bits per heavy atom. The Kier molecular flexibility index (Phi) is 3.36. The number of aromatic nitrogens is 2. The van der Waals surface area contributed by atoms with Gasteiger partial charge in [-0.15, -0.1) is 0 Å². The lowest BCUT2D eigenvalue weighted by atomic mass is 10.2. The van der Waals surface area contributed by atoms with Crippen LogP contribution in [0.5, 0.6) is 11.5 Å². The van der Waals surface area contributed by atoms with Crippen molar-refractivity contribution in [2.45, 2.75) is 6.92 Å².